The van der Waals surface area contributed by atoms with E-state index in [1.165, 1.54) is 0 Å². The molecule has 0 heterocycles. The summed E-state index contributed by atoms with van der Waals surface area (Å²) in [5.74, 6) is 0. The van der Waals surface area contributed by atoms with E-state index < -0.39 is 12.7 Å². The molecule has 8 heavy (non-hydrogen) atoms. The van der Waals surface area contributed by atoms with Gasteiger partial charge in [-0.2, -0.15) is 13.2 Å². The van der Waals surface area contributed by atoms with Crippen LogP contribution < -0.4 is 0 Å². The molecule has 0 amide bonds. The van der Waals surface area contributed by atoms with Gasteiger partial charge in [0, 0.05) is 0 Å². The zero-order valence-electron chi connectivity index (χ0n) is 3.54. The van der Waals surface area contributed by atoms with Gasteiger partial charge in [-0.05, 0) is 23.6 Å². The van der Waals surface area contributed by atoms with E-state index in [-0.39, 0.29) is 3.94 Å². The van der Waals surface area contributed by atoms with E-state index in [1.807, 2.05) is 0 Å². The molecule has 0 saturated carbocycles. The lowest BCUT2D eigenvalue weighted by molar-refractivity contribution is -0.129. The van der Waals surface area contributed by atoms with Crippen molar-refractivity contribution in [2.24, 2.45) is 0 Å². The summed E-state index contributed by atoms with van der Waals surface area (Å²) in [7, 11) is 0. The average Bonchev–Trinajstić information content (AvgIpc) is 1.21. The van der Waals surface area contributed by atoms with Crippen molar-refractivity contribution in [2.45, 2.75) is 6.18 Å². The molecule has 6 heteroatoms. The van der Waals surface area contributed by atoms with Crippen molar-refractivity contribution in [3.8, 4) is 0 Å². The van der Waals surface area contributed by atoms with Gasteiger partial charge in [0.2, 0.25) is 0 Å². The quantitative estimate of drug-likeness (QED) is 0.542. The molecule has 50 valence electrons. The minimum atomic E-state index is -4.32. The minimum Gasteiger partial charge on any atom is -0.170 e. The molecule has 0 bridgehead atoms. The first-order valence-corrected chi connectivity index (χ1v) is 2.25. The first kappa shape index (κ1) is 8.33. The van der Waals surface area contributed by atoms with E-state index >= 15 is 0 Å². The Kier molecular flexibility index (Phi) is 2.87. The second-order valence-corrected chi connectivity index (χ2v) is 2.07. The molecule has 0 spiro atoms. The van der Waals surface area contributed by atoms with E-state index in [1.54, 1.807) is 0 Å². The highest BCUT2D eigenvalue weighted by atomic mass is 35.5. The molecule has 0 unspecified atom stereocenters. The topological polar surface area (TPSA) is 3.24 Å². The number of rotatable bonds is 1. The van der Waals surface area contributed by atoms with Crippen LogP contribution in [0.15, 0.2) is 0 Å². The third-order valence-corrected chi connectivity index (χ3v) is 0.538. The predicted molar refractivity (Wildman–Crippen MR) is 24.5 cm³/mol. The average molecular weight is 168 g/mol. The maximum atomic E-state index is 11.1. The third kappa shape index (κ3) is 6.33. The molecule has 0 aromatic rings. The monoisotopic (exact) mass is 167 g/mol. The summed E-state index contributed by atoms with van der Waals surface area (Å²) in [5.41, 5.74) is 0. The maximum Gasteiger partial charge on any atom is 0.404 e. The fourth-order valence-electron chi connectivity index (χ4n) is 0.136. The molecule has 0 aliphatic rings. The number of hydrogen-bond donors (Lipinski definition) is 0. The van der Waals surface area contributed by atoms with E-state index in [2.05, 4.69) is 23.6 Å². The molecule has 0 aromatic heterocycles. The lowest BCUT2D eigenvalue weighted by Gasteiger charge is -2.06. The molecule has 0 atom stereocenters. The van der Waals surface area contributed by atoms with E-state index in [0.717, 1.165) is 0 Å². The Morgan fingerprint density at radius 2 is 1.62 bits per heavy atom. The van der Waals surface area contributed by atoms with Crippen molar-refractivity contribution < 1.29 is 13.2 Å². The second kappa shape index (κ2) is 2.75. The first-order valence-electron chi connectivity index (χ1n) is 1.57. The van der Waals surface area contributed by atoms with Gasteiger partial charge in [0.25, 0.3) is 0 Å². The summed E-state index contributed by atoms with van der Waals surface area (Å²) in [6.07, 6.45) is -4.32. The van der Waals surface area contributed by atoms with Crippen LogP contribution in [-0.4, -0.2) is 16.7 Å². The van der Waals surface area contributed by atoms with Crippen molar-refractivity contribution in [1.82, 2.24) is 3.94 Å². The van der Waals surface area contributed by atoms with Crippen molar-refractivity contribution in [1.29, 1.82) is 0 Å². The highest BCUT2D eigenvalue weighted by Crippen LogP contribution is 2.18. The Balaban J connectivity index is 3.39. The predicted octanol–water partition coefficient (Wildman–Crippen LogP) is 2.16. The van der Waals surface area contributed by atoms with Crippen LogP contribution in [0.5, 0.6) is 0 Å². The van der Waals surface area contributed by atoms with Crippen LogP contribution in [0.4, 0.5) is 13.2 Å². The maximum absolute atomic E-state index is 11.1. The Bertz CT molecular complexity index is 70.2. The molecule has 0 aromatic carbocycles. The van der Waals surface area contributed by atoms with Gasteiger partial charge in [0.05, 0.1) is 0 Å². The Morgan fingerprint density at radius 1 is 1.25 bits per heavy atom. The Labute approximate surface area is 54.2 Å². The minimum absolute atomic E-state index is 0.0278. The van der Waals surface area contributed by atoms with Gasteiger partial charge in [-0.15, -0.1) is 3.94 Å². The molecule has 0 aliphatic carbocycles. The number of nitrogens with zero attached hydrogens (tertiary/aromatic N) is 1. The summed E-state index contributed by atoms with van der Waals surface area (Å²) in [6, 6.07) is 0. The normalized spacial score (nSPS) is 12.8. The zero-order valence-corrected chi connectivity index (χ0v) is 5.06. The highest BCUT2D eigenvalue weighted by molar-refractivity contribution is 6.33. The SMILES string of the molecule is FC(F)(F)CN(Cl)Cl. The van der Waals surface area contributed by atoms with Crippen LogP contribution in [0.1, 0.15) is 0 Å². The van der Waals surface area contributed by atoms with E-state index in [0.29, 0.717) is 0 Å². The summed E-state index contributed by atoms with van der Waals surface area (Å²) < 4.78 is 33.3. The largest absolute Gasteiger partial charge is 0.404 e. The Hall–Kier alpha value is 0.330. The van der Waals surface area contributed by atoms with Gasteiger partial charge in [-0.25, -0.2) is 0 Å². The molecule has 0 fully saturated rings. The summed E-state index contributed by atoms with van der Waals surface area (Å²) in [5, 5.41) is 0. The van der Waals surface area contributed by atoms with E-state index in [4.69, 9.17) is 0 Å². The van der Waals surface area contributed by atoms with Gasteiger partial charge in [0.15, 0.2) is 0 Å². The fraction of sp³-hybridized carbons (Fsp3) is 1.00. The summed E-state index contributed by atoms with van der Waals surface area (Å²) >= 11 is 9.28. The molecule has 1 nitrogen and oxygen atoms in total. The second-order valence-electron chi connectivity index (χ2n) is 1.08. The van der Waals surface area contributed by atoms with Crippen LogP contribution in [0.3, 0.4) is 0 Å². The molecule has 0 aliphatic heterocycles. The molecule has 0 radical (unpaired) electrons. The van der Waals surface area contributed by atoms with Crippen LogP contribution in [0.25, 0.3) is 0 Å². The van der Waals surface area contributed by atoms with Crippen LogP contribution >= 0.6 is 23.6 Å². The highest BCUT2D eigenvalue weighted by Gasteiger charge is 2.29. The molecular weight excluding hydrogens is 166 g/mol. The van der Waals surface area contributed by atoms with Gasteiger partial charge in [0.1, 0.15) is 6.54 Å². The summed E-state index contributed by atoms with van der Waals surface area (Å²) in [4.78, 5) is 0. The summed E-state index contributed by atoms with van der Waals surface area (Å²) in [6.45, 7) is -1.31. The third-order valence-electron chi connectivity index (χ3n) is 0.299. The van der Waals surface area contributed by atoms with Crippen molar-refractivity contribution >= 4 is 23.6 Å². The number of alkyl halides is 3. The number of hydrogen-bond acceptors (Lipinski definition) is 1. The van der Waals surface area contributed by atoms with Gasteiger partial charge < -0.3 is 0 Å². The smallest absolute Gasteiger partial charge is 0.170 e. The van der Waals surface area contributed by atoms with E-state index in [9.17, 15) is 13.2 Å². The van der Waals surface area contributed by atoms with Gasteiger partial charge in [-0.1, -0.05) is 0 Å². The van der Waals surface area contributed by atoms with Gasteiger partial charge in [-0.3, -0.25) is 0 Å². The van der Waals surface area contributed by atoms with Crippen molar-refractivity contribution in [2.75, 3.05) is 6.54 Å². The van der Waals surface area contributed by atoms with Gasteiger partial charge >= 0.3 is 6.18 Å². The standard InChI is InChI=1S/C2H2Cl2F3N/c3-8(4)1-2(5,6)7/h1H2. The van der Waals surface area contributed by atoms with Crippen LogP contribution in [0, 0.1) is 0 Å². The molecule has 0 rings (SSSR count). The Morgan fingerprint density at radius 3 is 1.62 bits per heavy atom. The van der Waals surface area contributed by atoms with Crippen molar-refractivity contribution in [3.63, 3.8) is 0 Å². The fourth-order valence-corrected chi connectivity index (χ4v) is 0.407. The first-order chi connectivity index (χ1) is 3.42. The lowest BCUT2D eigenvalue weighted by atomic mass is 10.7. The number of halogens is 5. The van der Waals surface area contributed by atoms with Crippen LogP contribution in [-0.2, 0) is 0 Å². The molecular formula is C2H2Cl2F3N. The zero-order chi connectivity index (χ0) is 6.78. The lowest BCUT2D eigenvalue weighted by Crippen LogP contribution is -2.20. The van der Waals surface area contributed by atoms with Crippen LogP contribution in [0.2, 0.25) is 0 Å². The molecule has 0 saturated heterocycles. The molecule has 0 N–H and O–H groups in total. The van der Waals surface area contributed by atoms with Crippen molar-refractivity contribution in [3.05, 3.63) is 0 Å².